The smallest absolute Gasteiger partial charge is 0.373 e. The zero-order valence-corrected chi connectivity index (χ0v) is 32.3. The summed E-state index contributed by atoms with van der Waals surface area (Å²) in [6.45, 7) is 8.37. The van der Waals surface area contributed by atoms with E-state index in [1.807, 2.05) is 79.7 Å². The molecule has 0 saturated carbocycles. The number of ketones is 1. The van der Waals surface area contributed by atoms with E-state index in [0.29, 0.717) is 55.2 Å². The first kappa shape index (κ1) is 47.6. The first-order chi connectivity index (χ1) is 24.5. The average molecular weight is 870 g/mol. The number of rotatable bonds is 13. The normalized spacial score (nSPS) is 9.98. The van der Waals surface area contributed by atoms with Crippen LogP contribution in [-0.4, -0.2) is 47.1 Å². The van der Waals surface area contributed by atoms with E-state index < -0.39 is 11.9 Å². The van der Waals surface area contributed by atoms with Crippen LogP contribution in [0.4, 0.5) is 0 Å². The maximum atomic E-state index is 11.9. The van der Waals surface area contributed by atoms with E-state index in [0.717, 1.165) is 14.8 Å². The zero-order valence-electron chi connectivity index (χ0n) is 28.6. The van der Waals surface area contributed by atoms with E-state index in [9.17, 15) is 14.4 Å². The summed E-state index contributed by atoms with van der Waals surface area (Å²) >= 11 is 14.3. The third-order valence-electron chi connectivity index (χ3n) is 6.13. The lowest BCUT2D eigenvalue weighted by molar-refractivity contribution is -0.191. The zero-order chi connectivity index (χ0) is 38.0. The van der Waals surface area contributed by atoms with E-state index in [1.165, 1.54) is 6.92 Å². The van der Waals surface area contributed by atoms with Gasteiger partial charge in [-0.15, -0.1) is 0 Å². The van der Waals surface area contributed by atoms with Crippen molar-refractivity contribution in [1.82, 2.24) is 9.97 Å². The van der Waals surface area contributed by atoms with Crippen LogP contribution in [0.15, 0.2) is 84.9 Å². The van der Waals surface area contributed by atoms with Gasteiger partial charge in [-0.1, -0.05) is 98.2 Å². The second-order valence-corrected chi connectivity index (χ2v) is 11.8. The SMILES string of the molecule is C.CCOC(=O)C(CC)c1ccc(OCc2ccccc2)c(Cl)n1.CCOC(=O)CC(C)=O.Clc1nc(I)ccc1OCc1ccccc1.O=C=O. The number of aromatic nitrogens is 2. The van der Waals surface area contributed by atoms with Gasteiger partial charge in [-0.25, -0.2) is 9.97 Å². The van der Waals surface area contributed by atoms with Gasteiger partial charge < -0.3 is 18.9 Å². The minimum Gasteiger partial charge on any atom is -0.486 e. The van der Waals surface area contributed by atoms with Crippen molar-refractivity contribution in [2.45, 2.75) is 67.1 Å². The summed E-state index contributed by atoms with van der Waals surface area (Å²) in [6, 6.07) is 27.0. The number of carbonyl (C=O) groups is 3. The molecule has 1 unspecified atom stereocenters. The number of ether oxygens (including phenoxy) is 4. The highest BCUT2D eigenvalue weighted by Gasteiger charge is 2.22. The Labute approximate surface area is 328 Å². The highest BCUT2D eigenvalue weighted by atomic mass is 127. The second kappa shape index (κ2) is 28.3. The minimum absolute atomic E-state index is 0. The number of benzene rings is 2. The Morgan fingerprint density at radius 3 is 1.60 bits per heavy atom. The van der Waals surface area contributed by atoms with Gasteiger partial charge in [0.05, 0.1) is 24.8 Å². The molecular formula is C38H43Cl2IN2O9. The third kappa shape index (κ3) is 19.9. The summed E-state index contributed by atoms with van der Waals surface area (Å²) < 4.78 is 21.7. The van der Waals surface area contributed by atoms with Crippen molar-refractivity contribution in [2.75, 3.05) is 13.2 Å². The molecule has 1 atom stereocenters. The molecule has 2 aromatic carbocycles. The molecule has 14 heteroatoms. The first-order valence-corrected chi connectivity index (χ1v) is 17.5. The molecule has 0 saturated heterocycles. The molecule has 0 aliphatic rings. The highest BCUT2D eigenvalue weighted by molar-refractivity contribution is 14.1. The molecule has 280 valence electrons. The van der Waals surface area contributed by atoms with Crippen LogP contribution in [0.25, 0.3) is 0 Å². The van der Waals surface area contributed by atoms with Gasteiger partial charge in [-0.3, -0.25) is 14.4 Å². The predicted octanol–water partition coefficient (Wildman–Crippen LogP) is 8.87. The van der Waals surface area contributed by atoms with Crippen LogP contribution in [0, 0.1) is 3.70 Å². The maximum absolute atomic E-state index is 11.9. The minimum atomic E-state index is -0.440. The quantitative estimate of drug-likeness (QED) is 0.0549. The molecule has 0 N–H and O–H groups in total. The van der Waals surface area contributed by atoms with Crippen LogP contribution in [-0.2, 0) is 46.7 Å². The monoisotopic (exact) mass is 868 g/mol. The molecule has 2 aromatic heterocycles. The lowest BCUT2D eigenvalue weighted by Crippen LogP contribution is -2.16. The van der Waals surface area contributed by atoms with Crippen LogP contribution >= 0.6 is 45.8 Å². The lowest BCUT2D eigenvalue weighted by atomic mass is 10.0. The number of pyridine rings is 2. The largest absolute Gasteiger partial charge is 0.486 e. The Bertz CT molecular complexity index is 1670. The molecule has 0 fully saturated rings. The van der Waals surface area contributed by atoms with Gasteiger partial charge in [0.25, 0.3) is 0 Å². The average Bonchev–Trinajstić information content (AvgIpc) is 3.10. The first-order valence-electron chi connectivity index (χ1n) is 15.6. The number of nitrogens with zero attached hydrogens (tertiary/aromatic N) is 2. The number of esters is 2. The summed E-state index contributed by atoms with van der Waals surface area (Å²) in [5.41, 5.74) is 2.76. The second-order valence-electron chi connectivity index (χ2n) is 9.98. The molecule has 0 aliphatic carbocycles. The highest BCUT2D eigenvalue weighted by Crippen LogP contribution is 2.28. The van der Waals surface area contributed by atoms with E-state index in [4.69, 9.17) is 47.0 Å². The lowest BCUT2D eigenvalue weighted by Gasteiger charge is -2.14. The number of hydrogen-bond acceptors (Lipinski definition) is 11. The third-order valence-corrected chi connectivity index (χ3v) is 7.27. The molecule has 0 aliphatic heterocycles. The van der Waals surface area contributed by atoms with Crippen molar-refractivity contribution >= 4 is 69.7 Å². The van der Waals surface area contributed by atoms with E-state index in [-0.39, 0.29) is 36.9 Å². The standard InChI is InChI=1S/C18H20ClNO3.C12H9ClINO.C6H10O3.CO2.CH4/c1-3-14(18(21)22-4-2)15-10-11-16(17(19)20-15)23-12-13-8-6-5-7-9-13;13-12-10(6-7-11(14)15-12)16-8-9-4-2-1-3-5-9;1-3-9-6(8)4-5(2)7;2-1-3;/h5-11,14H,3-4,12H2,1-2H3;1-7H,8H2;3-4H2,1-2H3;;1H4. The molecule has 0 radical (unpaired) electrons. The Morgan fingerprint density at radius 1 is 0.731 bits per heavy atom. The van der Waals surface area contributed by atoms with E-state index in [2.05, 4.69) is 37.3 Å². The fraction of sp³-hybridized carbons (Fsp3) is 0.316. The van der Waals surface area contributed by atoms with Gasteiger partial charge in [0.1, 0.15) is 29.1 Å². The summed E-state index contributed by atoms with van der Waals surface area (Å²) in [5, 5.41) is 0.656. The van der Waals surface area contributed by atoms with Gasteiger partial charge >= 0.3 is 18.1 Å². The van der Waals surface area contributed by atoms with Crippen molar-refractivity contribution in [1.29, 1.82) is 0 Å². The summed E-state index contributed by atoms with van der Waals surface area (Å²) in [7, 11) is 0. The van der Waals surface area contributed by atoms with Gasteiger partial charge in [-0.2, -0.15) is 9.59 Å². The van der Waals surface area contributed by atoms with Crippen molar-refractivity contribution in [3.05, 3.63) is 116 Å². The molecule has 0 bridgehead atoms. The van der Waals surface area contributed by atoms with Gasteiger partial charge in [-0.05, 0) is 85.2 Å². The summed E-state index contributed by atoms with van der Waals surface area (Å²) in [4.78, 5) is 57.2. The van der Waals surface area contributed by atoms with Crippen LogP contribution in [0.2, 0.25) is 10.3 Å². The van der Waals surface area contributed by atoms with Crippen molar-refractivity contribution in [3.63, 3.8) is 0 Å². The predicted molar refractivity (Wildman–Crippen MR) is 206 cm³/mol. The fourth-order valence-electron chi connectivity index (χ4n) is 3.87. The van der Waals surface area contributed by atoms with E-state index in [1.54, 1.807) is 26.0 Å². The molecule has 0 amide bonds. The Hall–Kier alpha value is -4.36. The number of carbonyl (C=O) groups excluding carboxylic acids is 5. The molecule has 0 spiro atoms. The molecule has 4 rings (SSSR count). The number of Topliss-reactive ketones (excluding diaryl/α,β-unsaturated/α-hetero) is 1. The van der Waals surface area contributed by atoms with Crippen LogP contribution in [0.5, 0.6) is 11.5 Å². The van der Waals surface area contributed by atoms with Crippen LogP contribution in [0.1, 0.15) is 70.7 Å². The van der Waals surface area contributed by atoms with E-state index >= 15 is 0 Å². The summed E-state index contributed by atoms with van der Waals surface area (Å²) in [6.07, 6.45) is 0.750. The Morgan fingerprint density at radius 2 is 1.19 bits per heavy atom. The summed E-state index contributed by atoms with van der Waals surface area (Å²) in [5.74, 6) is -0.172. The Kier molecular flexibility index (Phi) is 25.9. The fourth-order valence-corrected chi connectivity index (χ4v) is 4.86. The molecular weight excluding hydrogens is 826 g/mol. The van der Waals surface area contributed by atoms with Crippen molar-refractivity contribution < 1.29 is 42.9 Å². The number of halogens is 3. The molecule has 2 heterocycles. The van der Waals surface area contributed by atoms with Crippen molar-refractivity contribution in [2.24, 2.45) is 0 Å². The van der Waals surface area contributed by atoms with Crippen LogP contribution < -0.4 is 9.47 Å². The van der Waals surface area contributed by atoms with Gasteiger partial charge in [0.15, 0.2) is 21.8 Å². The van der Waals surface area contributed by atoms with Gasteiger partial charge in [0.2, 0.25) is 0 Å². The van der Waals surface area contributed by atoms with Gasteiger partial charge in [0, 0.05) is 0 Å². The maximum Gasteiger partial charge on any atom is 0.373 e. The van der Waals surface area contributed by atoms with Crippen molar-refractivity contribution in [3.8, 4) is 11.5 Å². The molecule has 11 nitrogen and oxygen atoms in total. The Balaban J connectivity index is 0.000000779. The number of hydrogen-bond donors (Lipinski definition) is 0. The molecule has 4 aromatic rings. The van der Waals surface area contributed by atoms with Crippen LogP contribution in [0.3, 0.4) is 0 Å². The topological polar surface area (TPSA) is 148 Å². The molecule has 52 heavy (non-hydrogen) atoms.